The first-order valence-electron chi connectivity index (χ1n) is 8.20. The standard InChI is InChI=1S/C17H21N3O7S2/c1-11-8-14(29(25,26)19(3)4)10-15(12(11)2)18-28(23,24)17-7-6-13(27-5)9-16(17)20(21)22/h6-10,18H,1-5H3. The van der Waals surface area contributed by atoms with Crippen LogP contribution in [0.4, 0.5) is 11.4 Å². The van der Waals surface area contributed by atoms with Crippen LogP contribution in [0.2, 0.25) is 0 Å². The number of ether oxygens (including phenoxy) is 1. The number of aryl methyl sites for hydroxylation is 1. The highest BCUT2D eigenvalue weighted by molar-refractivity contribution is 7.93. The van der Waals surface area contributed by atoms with Gasteiger partial charge in [0.15, 0.2) is 4.90 Å². The van der Waals surface area contributed by atoms with Gasteiger partial charge in [0.1, 0.15) is 5.75 Å². The van der Waals surface area contributed by atoms with Gasteiger partial charge in [-0.2, -0.15) is 0 Å². The van der Waals surface area contributed by atoms with Crippen molar-refractivity contribution in [3.8, 4) is 5.75 Å². The Balaban J connectivity index is 2.62. The summed E-state index contributed by atoms with van der Waals surface area (Å²) in [6.07, 6.45) is 0. The Morgan fingerprint density at radius 3 is 2.21 bits per heavy atom. The van der Waals surface area contributed by atoms with E-state index < -0.39 is 35.6 Å². The lowest BCUT2D eigenvalue weighted by Gasteiger charge is -2.17. The smallest absolute Gasteiger partial charge is 0.293 e. The van der Waals surface area contributed by atoms with Gasteiger partial charge in [0, 0.05) is 14.1 Å². The van der Waals surface area contributed by atoms with Crippen LogP contribution < -0.4 is 9.46 Å². The fraction of sp³-hybridized carbons (Fsp3) is 0.294. The van der Waals surface area contributed by atoms with Crippen molar-refractivity contribution in [3.63, 3.8) is 0 Å². The van der Waals surface area contributed by atoms with Gasteiger partial charge in [-0.05, 0) is 49.2 Å². The van der Waals surface area contributed by atoms with Gasteiger partial charge in [-0.25, -0.2) is 21.1 Å². The van der Waals surface area contributed by atoms with Crippen LogP contribution in [0, 0.1) is 24.0 Å². The lowest BCUT2D eigenvalue weighted by Crippen LogP contribution is -2.23. The van der Waals surface area contributed by atoms with Gasteiger partial charge in [0.05, 0.1) is 28.7 Å². The largest absolute Gasteiger partial charge is 0.497 e. The van der Waals surface area contributed by atoms with Crippen molar-refractivity contribution in [2.45, 2.75) is 23.6 Å². The second-order valence-corrected chi connectivity index (χ2v) is 10.2. The molecule has 0 spiro atoms. The van der Waals surface area contributed by atoms with Gasteiger partial charge in [0.2, 0.25) is 10.0 Å². The minimum Gasteiger partial charge on any atom is -0.497 e. The van der Waals surface area contributed by atoms with Gasteiger partial charge < -0.3 is 4.74 Å². The quantitative estimate of drug-likeness (QED) is 0.512. The van der Waals surface area contributed by atoms with Crippen LogP contribution in [-0.2, 0) is 20.0 Å². The summed E-state index contributed by atoms with van der Waals surface area (Å²) in [5.74, 6) is 0.127. The van der Waals surface area contributed by atoms with E-state index in [4.69, 9.17) is 4.74 Å². The molecule has 2 aromatic carbocycles. The molecule has 2 rings (SSSR count). The van der Waals surface area contributed by atoms with Crippen LogP contribution in [0.3, 0.4) is 0 Å². The number of nitrogens with one attached hydrogen (secondary N) is 1. The van der Waals surface area contributed by atoms with E-state index in [0.717, 1.165) is 16.4 Å². The summed E-state index contributed by atoms with van der Waals surface area (Å²) in [7, 11) is -4.19. The number of hydrogen-bond acceptors (Lipinski definition) is 7. The van der Waals surface area contributed by atoms with Gasteiger partial charge in [0.25, 0.3) is 15.7 Å². The van der Waals surface area contributed by atoms with E-state index in [2.05, 4.69) is 4.72 Å². The van der Waals surface area contributed by atoms with Crippen LogP contribution >= 0.6 is 0 Å². The highest BCUT2D eigenvalue weighted by atomic mass is 32.2. The lowest BCUT2D eigenvalue weighted by molar-refractivity contribution is -0.387. The molecule has 158 valence electrons. The van der Waals surface area contributed by atoms with Gasteiger partial charge >= 0.3 is 0 Å². The highest BCUT2D eigenvalue weighted by Crippen LogP contribution is 2.32. The number of nitro groups is 1. The molecular formula is C17H21N3O7S2. The number of methoxy groups -OCH3 is 1. The van der Waals surface area contributed by atoms with E-state index >= 15 is 0 Å². The van der Waals surface area contributed by atoms with Gasteiger partial charge in [-0.3, -0.25) is 14.8 Å². The molecule has 12 heteroatoms. The zero-order valence-electron chi connectivity index (χ0n) is 16.5. The molecular weight excluding hydrogens is 422 g/mol. The number of nitrogens with zero attached hydrogens (tertiary/aromatic N) is 2. The van der Waals surface area contributed by atoms with Crippen molar-refractivity contribution >= 4 is 31.4 Å². The third-order valence-electron chi connectivity index (χ3n) is 4.32. The molecule has 10 nitrogen and oxygen atoms in total. The molecule has 0 fully saturated rings. The Kier molecular flexibility index (Phi) is 6.21. The van der Waals surface area contributed by atoms with Crippen molar-refractivity contribution in [1.29, 1.82) is 0 Å². The monoisotopic (exact) mass is 443 g/mol. The maximum atomic E-state index is 12.9. The molecule has 0 aliphatic carbocycles. The summed E-state index contributed by atoms with van der Waals surface area (Å²) < 4.78 is 58.8. The number of hydrogen-bond donors (Lipinski definition) is 1. The van der Waals surface area contributed by atoms with E-state index in [1.807, 2.05) is 0 Å². The van der Waals surface area contributed by atoms with Crippen molar-refractivity contribution in [2.75, 3.05) is 25.9 Å². The van der Waals surface area contributed by atoms with Crippen LogP contribution in [-0.4, -0.2) is 47.3 Å². The van der Waals surface area contributed by atoms with Crippen molar-refractivity contribution in [2.24, 2.45) is 0 Å². The molecule has 0 bridgehead atoms. The normalized spacial score (nSPS) is 12.1. The van der Waals surface area contributed by atoms with E-state index in [1.54, 1.807) is 13.8 Å². The van der Waals surface area contributed by atoms with E-state index in [1.165, 1.54) is 39.4 Å². The zero-order chi connectivity index (χ0) is 22.1. The SMILES string of the molecule is COc1ccc(S(=O)(=O)Nc2cc(S(=O)(=O)N(C)C)cc(C)c2C)c([N+](=O)[O-])c1. The second kappa shape index (κ2) is 7.97. The van der Waals surface area contributed by atoms with E-state index in [-0.39, 0.29) is 16.3 Å². The molecule has 0 aromatic heterocycles. The summed E-state index contributed by atoms with van der Waals surface area (Å²) in [4.78, 5) is 9.84. The molecule has 0 aliphatic heterocycles. The number of rotatable bonds is 7. The molecule has 0 atom stereocenters. The first kappa shape index (κ1) is 22.6. The molecule has 0 heterocycles. The molecule has 0 aliphatic rings. The molecule has 0 amide bonds. The fourth-order valence-electron chi connectivity index (χ4n) is 2.49. The minimum absolute atomic E-state index is 0.00976. The topological polar surface area (TPSA) is 136 Å². The predicted molar refractivity (Wildman–Crippen MR) is 107 cm³/mol. The molecule has 29 heavy (non-hydrogen) atoms. The maximum absolute atomic E-state index is 12.9. The number of sulfonamides is 2. The highest BCUT2D eigenvalue weighted by Gasteiger charge is 2.28. The van der Waals surface area contributed by atoms with E-state index in [0.29, 0.717) is 11.1 Å². The van der Waals surface area contributed by atoms with Crippen molar-refractivity contribution < 1.29 is 26.5 Å². The molecule has 0 saturated carbocycles. The Morgan fingerprint density at radius 2 is 1.69 bits per heavy atom. The third kappa shape index (κ3) is 4.49. The summed E-state index contributed by atoms with van der Waals surface area (Å²) in [5, 5.41) is 11.3. The van der Waals surface area contributed by atoms with Gasteiger partial charge in [-0.1, -0.05) is 0 Å². The van der Waals surface area contributed by atoms with Crippen LogP contribution in [0.5, 0.6) is 5.75 Å². The Morgan fingerprint density at radius 1 is 1.07 bits per heavy atom. The molecule has 0 radical (unpaired) electrons. The maximum Gasteiger partial charge on any atom is 0.293 e. The van der Waals surface area contributed by atoms with Crippen LogP contribution in [0.25, 0.3) is 0 Å². The first-order chi connectivity index (χ1) is 13.3. The summed E-state index contributed by atoms with van der Waals surface area (Å²) in [6, 6.07) is 5.96. The Bertz CT molecular complexity index is 1170. The van der Waals surface area contributed by atoms with Gasteiger partial charge in [-0.15, -0.1) is 0 Å². The minimum atomic E-state index is -4.39. The second-order valence-electron chi connectivity index (χ2n) is 6.40. The first-order valence-corrected chi connectivity index (χ1v) is 11.1. The number of nitro benzene ring substituents is 1. The summed E-state index contributed by atoms with van der Waals surface area (Å²) >= 11 is 0. The van der Waals surface area contributed by atoms with E-state index in [9.17, 15) is 26.9 Å². The predicted octanol–water partition coefficient (Wildman–Crippen LogP) is 2.27. The third-order valence-corrected chi connectivity index (χ3v) is 7.52. The number of anilines is 1. The molecule has 0 saturated heterocycles. The molecule has 0 unspecified atom stereocenters. The average molecular weight is 444 g/mol. The van der Waals surface area contributed by atoms with Crippen molar-refractivity contribution in [1.82, 2.24) is 4.31 Å². The Hall–Kier alpha value is -2.70. The van der Waals surface area contributed by atoms with Crippen molar-refractivity contribution in [3.05, 3.63) is 51.6 Å². The van der Waals surface area contributed by atoms with Crippen LogP contribution in [0.1, 0.15) is 11.1 Å². The molecule has 1 N–H and O–H groups in total. The fourth-order valence-corrected chi connectivity index (χ4v) is 4.77. The average Bonchev–Trinajstić information content (AvgIpc) is 2.64. The number of benzene rings is 2. The molecule has 2 aromatic rings. The Labute approximate surface area is 169 Å². The summed E-state index contributed by atoms with van der Waals surface area (Å²) in [6.45, 7) is 3.25. The van der Waals surface area contributed by atoms with Crippen LogP contribution in [0.15, 0.2) is 40.1 Å². The summed E-state index contributed by atoms with van der Waals surface area (Å²) in [5.41, 5.74) is 0.371. The zero-order valence-corrected chi connectivity index (χ0v) is 18.1. The lowest BCUT2D eigenvalue weighted by atomic mass is 10.1.